The van der Waals surface area contributed by atoms with E-state index < -0.39 is 0 Å². The summed E-state index contributed by atoms with van der Waals surface area (Å²) in [5.41, 5.74) is 1.55. The molecule has 0 saturated heterocycles. The molecule has 0 atom stereocenters. The van der Waals surface area contributed by atoms with Crippen LogP contribution in [0.3, 0.4) is 0 Å². The first-order valence-electron chi connectivity index (χ1n) is 7.05. The van der Waals surface area contributed by atoms with Gasteiger partial charge < -0.3 is 0 Å². The molecule has 20 heavy (non-hydrogen) atoms. The molecule has 0 heteroatoms. The Morgan fingerprint density at radius 1 is 0.750 bits per heavy atom. The molecule has 0 aliphatic carbocycles. The summed E-state index contributed by atoms with van der Waals surface area (Å²) in [5, 5.41) is 7.64. The van der Waals surface area contributed by atoms with Crippen LogP contribution in [0.2, 0.25) is 0 Å². The van der Waals surface area contributed by atoms with Crippen molar-refractivity contribution in [1.82, 2.24) is 0 Å². The quantitative estimate of drug-likeness (QED) is 0.365. The third-order valence-electron chi connectivity index (χ3n) is 4.17. The topological polar surface area (TPSA) is 0 Å². The Labute approximate surface area is 119 Å². The van der Waals surface area contributed by atoms with Crippen LogP contribution in [-0.4, -0.2) is 0 Å². The lowest BCUT2D eigenvalue weighted by molar-refractivity contribution is 0.591. The molecule has 0 aliphatic heterocycles. The fourth-order valence-electron chi connectivity index (χ4n) is 3.03. The summed E-state index contributed by atoms with van der Waals surface area (Å²) in [7, 11) is 0. The van der Waals surface area contributed by atoms with Gasteiger partial charge in [0.2, 0.25) is 0 Å². The fourth-order valence-corrected chi connectivity index (χ4v) is 3.03. The maximum atomic E-state index is 3.30. The Morgan fingerprint density at radius 3 is 1.80 bits per heavy atom. The summed E-state index contributed by atoms with van der Waals surface area (Å²) < 4.78 is 0. The number of hydrogen-bond acceptors (Lipinski definition) is 0. The SMILES string of the molecule is CC(C)(C)c1cc2ccc3[c]c[c]c4ccc(c1)c2c34. The summed E-state index contributed by atoms with van der Waals surface area (Å²) in [6.07, 6.45) is 0. The van der Waals surface area contributed by atoms with Gasteiger partial charge in [0, 0.05) is 0 Å². The van der Waals surface area contributed by atoms with E-state index in [2.05, 4.69) is 69.3 Å². The lowest BCUT2D eigenvalue weighted by Crippen LogP contribution is -2.10. The van der Waals surface area contributed by atoms with E-state index in [1.54, 1.807) is 0 Å². The minimum Gasteiger partial charge on any atom is -0.0561 e. The number of hydrogen-bond donors (Lipinski definition) is 0. The highest BCUT2D eigenvalue weighted by atomic mass is 14.2. The van der Waals surface area contributed by atoms with Gasteiger partial charge in [0.25, 0.3) is 0 Å². The summed E-state index contributed by atoms with van der Waals surface area (Å²) in [4.78, 5) is 0. The van der Waals surface area contributed by atoms with Crippen molar-refractivity contribution in [3.05, 3.63) is 60.2 Å². The molecule has 0 spiro atoms. The number of benzene rings is 4. The second-order valence-electron chi connectivity index (χ2n) is 6.58. The van der Waals surface area contributed by atoms with Crippen LogP contribution in [0, 0.1) is 12.1 Å². The van der Waals surface area contributed by atoms with E-state index in [1.165, 1.54) is 37.9 Å². The van der Waals surface area contributed by atoms with Gasteiger partial charge in [0.15, 0.2) is 0 Å². The van der Waals surface area contributed by atoms with Crippen molar-refractivity contribution in [1.29, 1.82) is 0 Å². The van der Waals surface area contributed by atoms with Crippen LogP contribution in [-0.2, 0) is 5.41 Å². The van der Waals surface area contributed by atoms with Gasteiger partial charge in [-0.05, 0) is 61.5 Å². The highest BCUT2D eigenvalue weighted by Crippen LogP contribution is 2.36. The highest BCUT2D eigenvalue weighted by molar-refractivity contribution is 6.22. The molecular weight excluding hydrogens is 240 g/mol. The fraction of sp³-hybridized carbons (Fsp3) is 0.200. The molecule has 0 fully saturated rings. The van der Waals surface area contributed by atoms with Gasteiger partial charge in [0.1, 0.15) is 0 Å². The van der Waals surface area contributed by atoms with E-state index in [9.17, 15) is 0 Å². The minimum atomic E-state index is 0.169. The molecule has 0 heterocycles. The normalized spacial score (nSPS) is 12.8. The number of rotatable bonds is 0. The van der Waals surface area contributed by atoms with Crippen LogP contribution >= 0.6 is 0 Å². The van der Waals surface area contributed by atoms with E-state index in [0.717, 1.165) is 0 Å². The predicted molar refractivity (Wildman–Crippen MR) is 86.5 cm³/mol. The van der Waals surface area contributed by atoms with E-state index in [1.807, 2.05) is 6.07 Å². The molecule has 0 aliphatic rings. The average Bonchev–Trinajstić information content (AvgIpc) is 2.43. The van der Waals surface area contributed by atoms with Crippen molar-refractivity contribution in [2.24, 2.45) is 0 Å². The zero-order chi connectivity index (χ0) is 13.9. The van der Waals surface area contributed by atoms with E-state index in [-0.39, 0.29) is 5.41 Å². The van der Waals surface area contributed by atoms with E-state index in [0.29, 0.717) is 0 Å². The largest absolute Gasteiger partial charge is 0.0561 e. The highest BCUT2D eigenvalue weighted by Gasteiger charge is 2.16. The summed E-state index contributed by atoms with van der Waals surface area (Å²) in [6.45, 7) is 6.80. The van der Waals surface area contributed by atoms with Crippen molar-refractivity contribution in [3.8, 4) is 0 Å². The maximum absolute atomic E-state index is 3.30. The van der Waals surface area contributed by atoms with Crippen LogP contribution in [0.4, 0.5) is 0 Å². The molecule has 96 valence electrons. The zero-order valence-electron chi connectivity index (χ0n) is 12.0. The molecule has 4 rings (SSSR count). The average molecular weight is 256 g/mol. The van der Waals surface area contributed by atoms with E-state index in [4.69, 9.17) is 0 Å². The summed E-state index contributed by atoms with van der Waals surface area (Å²) in [6, 6.07) is 21.9. The van der Waals surface area contributed by atoms with Gasteiger partial charge in [0.05, 0.1) is 0 Å². The van der Waals surface area contributed by atoms with Gasteiger partial charge in [-0.2, -0.15) is 0 Å². The Morgan fingerprint density at radius 2 is 1.30 bits per heavy atom. The minimum absolute atomic E-state index is 0.169. The molecule has 4 aromatic carbocycles. The first-order valence-corrected chi connectivity index (χ1v) is 7.05. The first kappa shape index (κ1) is 11.7. The molecule has 2 radical (unpaired) electrons. The molecule has 0 bridgehead atoms. The third kappa shape index (κ3) is 1.54. The van der Waals surface area contributed by atoms with Gasteiger partial charge >= 0.3 is 0 Å². The molecule has 0 saturated carbocycles. The van der Waals surface area contributed by atoms with Crippen LogP contribution < -0.4 is 0 Å². The zero-order valence-corrected chi connectivity index (χ0v) is 12.0. The smallest absolute Gasteiger partial charge is 0.00143 e. The van der Waals surface area contributed by atoms with Gasteiger partial charge in [-0.1, -0.05) is 57.2 Å². The maximum Gasteiger partial charge on any atom is -0.00143 e. The summed E-state index contributed by atoms with van der Waals surface area (Å²) >= 11 is 0. The van der Waals surface area contributed by atoms with Crippen molar-refractivity contribution < 1.29 is 0 Å². The van der Waals surface area contributed by atoms with Crippen LogP contribution in [0.25, 0.3) is 32.3 Å². The van der Waals surface area contributed by atoms with Gasteiger partial charge in [-0.3, -0.25) is 0 Å². The van der Waals surface area contributed by atoms with Gasteiger partial charge in [-0.15, -0.1) is 0 Å². The first-order chi connectivity index (χ1) is 9.54. The van der Waals surface area contributed by atoms with E-state index >= 15 is 0 Å². The van der Waals surface area contributed by atoms with Crippen LogP contribution in [0.15, 0.2) is 42.5 Å². The molecule has 0 unspecified atom stereocenters. The van der Waals surface area contributed by atoms with Crippen molar-refractivity contribution in [3.63, 3.8) is 0 Å². The second kappa shape index (κ2) is 3.73. The Bertz CT molecular complexity index is 859. The van der Waals surface area contributed by atoms with Crippen LogP contribution in [0.1, 0.15) is 26.3 Å². The van der Waals surface area contributed by atoms with Crippen LogP contribution in [0.5, 0.6) is 0 Å². The third-order valence-corrected chi connectivity index (χ3v) is 4.17. The molecule has 0 nitrogen and oxygen atoms in total. The lowest BCUT2D eigenvalue weighted by Gasteiger charge is -2.21. The predicted octanol–water partition coefficient (Wildman–Crippen LogP) is 5.48. The molecule has 0 N–H and O–H groups in total. The molecule has 0 amide bonds. The second-order valence-corrected chi connectivity index (χ2v) is 6.58. The molecule has 4 aromatic rings. The van der Waals surface area contributed by atoms with Crippen molar-refractivity contribution >= 4 is 32.3 Å². The molecule has 0 aromatic heterocycles. The standard InChI is InChI=1S/C20H16/c1-20(2,3)17-11-15-9-7-13-5-4-6-14-8-10-16(12-17)19(15)18(13)14/h4,7-12H,1-3H3. The lowest BCUT2D eigenvalue weighted by atomic mass is 9.83. The molecular formula is C20H16. The summed E-state index contributed by atoms with van der Waals surface area (Å²) in [5.74, 6) is 0. The Balaban J connectivity index is 2.25. The Kier molecular flexibility index (Phi) is 2.18. The van der Waals surface area contributed by atoms with Crippen molar-refractivity contribution in [2.75, 3.05) is 0 Å². The van der Waals surface area contributed by atoms with Gasteiger partial charge in [-0.25, -0.2) is 0 Å². The Hall–Kier alpha value is -2.08. The van der Waals surface area contributed by atoms with Crippen molar-refractivity contribution in [2.45, 2.75) is 26.2 Å². The monoisotopic (exact) mass is 256 g/mol.